The van der Waals surface area contributed by atoms with Gasteiger partial charge in [-0.15, -0.1) is 0 Å². The maximum Gasteiger partial charge on any atom is 0.126 e. The van der Waals surface area contributed by atoms with Crippen LogP contribution in [0.4, 0.5) is 0 Å². The molecular weight excluding hydrogens is 312 g/mol. The minimum Gasteiger partial charge on any atom is -0.493 e. The van der Waals surface area contributed by atoms with Crippen molar-refractivity contribution < 1.29 is 14.2 Å². The number of benzene rings is 1. The van der Waals surface area contributed by atoms with Gasteiger partial charge >= 0.3 is 0 Å². The third kappa shape index (κ3) is 11.0. The summed E-state index contributed by atoms with van der Waals surface area (Å²) in [6.07, 6.45) is 3.09. The first-order valence-corrected chi connectivity index (χ1v) is 9.69. The normalized spacial score (nSPS) is 11.9. The third-order valence-corrected chi connectivity index (χ3v) is 3.90. The Morgan fingerprint density at radius 1 is 0.680 bits per heavy atom. The van der Waals surface area contributed by atoms with Gasteiger partial charge in [-0.1, -0.05) is 48.5 Å². The Morgan fingerprint density at radius 3 is 1.36 bits per heavy atom. The maximum absolute atomic E-state index is 5.96. The highest BCUT2D eigenvalue weighted by atomic mass is 16.5. The van der Waals surface area contributed by atoms with Crippen LogP contribution in [0, 0.1) is 17.3 Å². The Balaban J connectivity index is 2.71. The maximum atomic E-state index is 5.96. The van der Waals surface area contributed by atoms with Gasteiger partial charge in [0.2, 0.25) is 0 Å². The molecule has 3 nitrogen and oxygen atoms in total. The Kier molecular flexibility index (Phi) is 9.16. The Labute approximate surface area is 155 Å². The van der Waals surface area contributed by atoms with Gasteiger partial charge in [0.25, 0.3) is 0 Å². The Morgan fingerprint density at radius 2 is 1.04 bits per heavy atom. The van der Waals surface area contributed by atoms with Crippen LogP contribution in [0.5, 0.6) is 17.2 Å². The van der Waals surface area contributed by atoms with E-state index < -0.39 is 0 Å². The van der Waals surface area contributed by atoms with E-state index in [-0.39, 0.29) is 5.41 Å². The smallest absolute Gasteiger partial charge is 0.126 e. The molecule has 0 N–H and O–H groups in total. The van der Waals surface area contributed by atoms with Crippen LogP contribution < -0.4 is 14.2 Å². The highest BCUT2D eigenvalue weighted by Gasteiger charge is 2.11. The lowest BCUT2D eigenvalue weighted by atomic mass is 9.93. The third-order valence-electron chi connectivity index (χ3n) is 3.90. The first-order chi connectivity index (χ1) is 11.7. The molecule has 1 rings (SSSR count). The number of hydrogen-bond donors (Lipinski definition) is 0. The molecule has 0 saturated carbocycles. The molecule has 0 saturated heterocycles. The summed E-state index contributed by atoms with van der Waals surface area (Å²) in [5.41, 5.74) is 0.266. The van der Waals surface area contributed by atoms with Crippen molar-refractivity contribution in [2.75, 3.05) is 19.8 Å². The summed E-state index contributed by atoms with van der Waals surface area (Å²) in [7, 11) is 0. The molecule has 0 aromatic heterocycles. The summed E-state index contributed by atoms with van der Waals surface area (Å²) < 4.78 is 17.8. The van der Waals surface area contributed by atoms with Gasteiger partial charge in [0.05, 0.1) is 19.8 Å². The van der Waals surface area contributed by atoms with Gasteiger partial charge in [-0.25, -0.2) is 0 Å². The van der Waals surface area contributed by atoms with Gasteiger partial charge in [-0.3, -0.25) is 0 Å². The molecule has 0 radical (unpaired) electrons. The molecule has 0 fully saturated rings. The van der Waals surface area contributed by atoms with E-state index in [1.54, 1.807) is 0 Å². The first kappa shape index (κ1) is 21.7. The highest BCUT2D eigenvalue weighted by molar-refractivity contribution is 5.42. The minimum absolute atomic E-state index is 0.266. The fourth-order valence-corrected chi connectivity index (χ4v) is 2.10. The van der Waals surface area contributed by atoms with Crippen molar-refractivity contribution in [3.8, 4) is 17.2 Å². The van der Waals surface area contributed by atoms with Gasteiger partial charge < -0.3 is 14.2 Å². The van der Waals surface area contributed by atoms with Crippen LogP contribution >= 0.6 is 0 Å². The summed E-state index contributed by atoms with van der Waals surface area (Å²) in [6.45, 7) is 17.6. The Hall–Kier alpha value is -1.38. The van der Waals surface area contributed by atoms with Gasteiger partial charge in [0.1, 0.15) is 17.2 Å². The Bertz CT molecular complexity index is 454. The van der Waals surface area contributed by atoms with E-state index in [0.29, 0.717) is 31.7 Å². The monoisotopic (exact) mass is 350 g/mol. The molecule has 144 valence electrons. The van der Waals surface area contributed by atoms with Crippen molar-refractivity contribution in [1.82, 2.24) is 0 Å². The van der Waals surface area contributed by atoms with Crippen molar-refractivity contribution in [2.24, 2.45) is 17.3 Å². The molecular formula is C22H38O3. The molecule has 25 heavy (non-hydrogen) atoms. The van der Waals surface area contributed by atoms with E-state index in [0.717, 1.165) is 36.5 Å². The number of ether oxygens (including phenoxy) is 3. The molecule has 0 bridgehead atoms. The van der Waals surface area contributed by atoms with E-state index in [1.165, 1.54) is 0 Å². The molecule has 3 heteroatoms. The largest absolute Gasteiger partial charge is 0.493 e. The summed E-state index contributed by atoms with van der Waals surface area (Å²) >= 11 is 0. The molecule has 0 spiro atoms. The van der Waals surface area contributed by atoms with E-state index in [2.05, 4.69) is 48.5 Å². The van der Waals surface area contributed by atoms with Crippen LogP contribution in [0.25, 0.3) is 0 Å². The van der Waals surface area contributed by atoms with Gasteiger partial charge in [0.15, 0.2) is 0 Å². The van der Waals surface area contributed by atoms with Crippen molar-refractivity contribution in [3.05, 3.63) is 18.2 Å². The van der Waals surface area contributed by atoms with E-state index in [9.17, 15) is 0 Å². The van der Waals surface area contributed by atoms with Crippen LogP contribution in [0.2, 0.25) is 0 Å². The first-order valence-electron chi connectivity index (χ1n) is 9.69. The second-order valence-electron chi connectivity index (χ2n) is 8.86. The quantitative estimate of drug-likeness (QED) is 0.465. The predicted molar refractivity (Wildman–Crippen MR) is 106 cm³/mol. The van der Waals surface area contributed by atoms with Gasteiger partial charge in [-0.2, -0.15) is 0 Å². The molecule has 0 amide bonds. The summed E-state index contributed by atoms with van der Waals surface area (Å²) in [4.78, 5) is 0. The van der Waals surface area contributed by atoms with Crippen LogP contribution in [0.15, 0.2) is 18.2 Å². The van der Waals surface area contributed by atoms with Gasteiger partial charge in [-0.05, 0) is 36.5 Å². The topological polar surface area (TPSA) is 27.7 Å². The van der Waals surface area contributed by atoms with Crippen molar-refractivity contribution in [1.29, 1.82) is 0 Å². The second kappa shape index (κ2) is 10.6. The highest BCUT2D eigenvalue weighted by Crippen LogP contribution is 2.29. The minimum atomic E-state index is 0.266. The van der Waals surface area contributed by atoms with E-state index >= 15 is 0 Å². The average Bonchev–Trinajstić information content (AvgIpc) is 2.45. The summed E-state index contributed by atoms with van der Waals surface area (Å²) in [6, 6.07) is 5.91. The van der Waals surface area contributed by atoms with E-state index in [1.807, 2.05) is 18.2 Å². The molecule has 0 aliphatic rings. The fourth-order valence-electron chi connectivity index (χ4n) is 2.10. The standard InChI is InChI=1S/C22H38O3/c1-17(2)8-11-23-19-14-20(24-12-9-18(3)4)16-21(15-19)25-13-10-22(5,6)7/h14-18H,8-13H2,1-7H3. The molecule has 0 atom stereocenters. The number of rotatable bonds is 11. The van der Waals surface area contributed by atoms with Gasteiger partial charge in [0, 0.05) is 18.2 Å². The molecule has 0 aliphatic heterocycles. The predicted octanol–water partition coefficient (Wildman–Crippen LogP) is 6.35. The van der Waals surface area contributed by atoms with Crippen LogP contribution in [0.1, 0.15) is 67.7 Å². The molecule has 0 heterocycles. The second-order valence-corrected chi connectivity index (χ2v) is 8.86. The number of hydrogen-bond acceptors (Lipinski definition) is 3. The molecule has 0 unspecified atom stereocenters. The fraction of sp³-hybridized carbons (Fsp3) is 0.727. The average molecular weight is 351 g/mol. The van der Waals surface area contributed by atoms with Crippen molar-refractivity contribution in [3.63, 3.8) is 0 Å². The lowest BCUT2D eigenvalue weighted by Crippen LogP contribution is -2.11. The van der Waals surface area contributed by atoms with Crippen LogP contribution in [-0.2, 0) is 0 Å². The summed E-state index contributed by atoms with van der Waals surface area (Å²) in [5.74, 6) is 3.74. The van der Waals surface area contributed by atoms with E-state index in [4.69, 9.17) is 14.2 Å². The van der Waals surface area contributed by atoms with Crippen molar-refractivity contribution >= 4 is 0 Å². The van der Waals surface area contributed by atoms with Crippen molar-refractivity contribution in [2.45, 2.75) is 67.7 Å². The summed E-state index contributed by atoms with van der Waals surface area (Å²) in [5, 5.41) is 0. The zero-order valence-electron chi connectivity index (χ0n) is 17.4. The molecule has 0 aliphatic carbocycles. The SMILES string of the molecule is CC(C)CCOc1cc(OCCC(C)C)cc(OCCC(C)(C)C)c1. The zero-order valence-corrected chi connectivity index (χ0v) is 17.4. The zero-order chi connectivity index (χ0) is 18.9. The lowest BCUT2D eigenvalue weighted by molar-refractivity contribution is 0.237. The molecule has 1 aromatic rings. The lowest BCUT2D eigenvalue weighted by Gasteiger charge is -2.19. The van der Waals surface area contributed by atoms with Crippen LogP contribution in [0.3, 0.4) is 0 Å². The molecule has 1 aromatic carbocycles. The van der Waals surface area contributed by atoms with Crippen LogP contribution in [-0.4, -0.2) is 19.8 Å².